The van der Waals surface area contributed by atoms with E-state index >= 15 is 0 Å². The van der Waals surface area contributed by atoms with Gasteiger partial charge in [-0.15, -0.1) is 0 Å². The molecule has 0 bridgehead atoms. The van der Waals surface area contributed by atoms with Gasteiger partial charge >= 0.3 is 0 Å². The van der Waals surface area contributed by atoms with Gasteiger partial charge < -0.3 is 10.2 Å². The zero-order valence-electron chi connectivity index (χ0n) is 12.2. The highest BCUT2D eigenvalue weighted by atomic mass is 79.9. The second-order valence-electron chi connectivity index (χ2n) is 5.05. The highest BCUT2D eigenvalue weighted by Crippen LogP contribution is 2.19. The molecule has 0 aliphatic carbocycles. The van der Waals surface area contributed by atoms with Crippen molar-refractivity contribution in [3.05, 3.63) is 46.6 Å². The topological polar surface area (TPSA) is 67.2 Å². The zero-order chi connectivity index (χ0) is 16.2. The summed E-state index contributed by atoms with van der Waals surface area (Å²) in [5.41, 5.74) is 1.07. The Morgan fingerprint density at radius 1 is 1.35 bits per heavy atom. The van der Waals surface area contributed by atoms with Gasteiger partial charge in [-0.3, -0.25) is 9.59 Å². The van der Waals surface area contributed by atoms with E-state index in [1.807, 2.05) is 24.3 Å². The first-order chi connectivity index (χ1) is 11.1. The Bertz CT molecular complexity index is 734. The molecule has 2 aromatic rings. The summed E-state index contributed by atoms with van der Waals surface area (Å²) < 4.78 is 2.71. The molecule has 0 saturated carbocycles. The third kappa shape index (κ3) is 3.94. The lowest BCUT2D eigenvalue weighted by atomic mass is 10.2. The van der Waals surface area contributed by atoms with Crippen molar-refractivity contribution in [1.29, 1.82) is 0 Å². The fourth-order valence-corrected chi connectivity index (χ4v) is 3.51. The van der Waals surface area contributed by atoms with Crippen molar-refractivity contribution in [2.45, 2.75) is 6.54 Å². The highest BCUT2D eigenvalue weighted by Gasteiger charge is 2.23. The van der Waals surface area contributed by atoms with Crippen LogP contribution >= 0.6 is 27.7 Å². The van der Waals surface area contributed by atoms with Gasteiger partial charge in [-0.05, 0) is 11.6 Å². The average Bonchev–Trinajstić information content (AvgIpc) is 3.12. The number of anilines is 1. The van der Waals surface area contributed by atoms with Gasteiger partial charge in [0.05, 0.1) is 12.7 Å². The summed E-state index contributed by atoms with van der Waals surface area (Å²) in [7, 11) is 0. The monoisotopic (exact) mass is 394 g/mol. The fraction of sp³-hybridized carbons (Fsp3) is 0.267. The van der Waals surface area contributed by atoms with Crippen molar-refractivity contribution in [3.63, 3.8) is 0 Å². The number of halogens is 1. The third-order valence-corrected chi connectivity index (χ3v) is 5.11. The largest absolute Gasteiger partial charge is 0.323 e. The fourth-order valence-electron chi connectivity index (χ4n) is 2.28. The molecule has 3 rings (SSSR count). The van der Waals surface area contributed by atoms with Crippen LogP contribution < -0.4 is 5.32 Å². The van der Waals surface area contributed by atoms with E-state index in [9.17, 15) is 9.59 Å². The number of aromatic nitrogens is 2. The van der Waals surface area contributed by atoms with E-state index < -0.39 is 0 Å². The molecule has 1 N–H and O–H groups in total. The van der Waals surface area contributed by atoms with Crippen LogP contribution in [0.2, 0.25) is 0 Å². The van der Waals surface area contributed by atoms with E-state index in [2.05, 4.69) is 26.3 Å². The number of carbonyl (C=O) groups excluding carboxylic acids is 2. The summed E-state index contributed by atoms with van der Waals surface area (Å²) in [5, 5.41) is 7.03. The van der Waals surface area contributed by atoms with Gasteiger partial charge in [0.15, 0.2) is 0 Å². The average molecular weight is 395 g/mol. The molecule has 23 heavy (non-hydrogen) atoms. The molecule has 0 unspecified atom stereocenters. The minimum Gasteiger partial charge on any atom is -0.323 e. The number of nitrogens with zero attached hydrogens (tertiary/aromatic N) is 3. The van der Waals surface area contributed by atoms with Gasteiger partial charge in [-0.25, -0.2) is 4.68 Å². The molecule has 0 radical (unpaired) electrons. The van der Waals surface area contributed by atoms with Crippen LogP contribution in [0.5, 0.6) is 0 Å². The number of hydrogen-bond acceptors (Lipinski definition) is 4. The van der Waals surface area contributed by atoms with Crippen LogP contribution in [0.15, 0.2) is 41.0 Å². The summed E-state index contributed by atoms with van der Waals surface area (Å²) in [6, 6.07) is 9.61. The molecule has 0 spiro atoms. The SMILES string of the molecule is O=C(CN1CCSC1=O)Nc1ccnn1Cc1ccccc1Br. The summed E-state index contributed by atoms with van der Waals surface area (Å²) >= 11 is 4.75. The predicted octanol–water partition coefficient (Wildman–Crippen LogP) is 2.80. The highest BCUT2D eigenvalue weighted by molar-refractivity contribution is 9.10. The molecule has 1 aliphatic heterocycles. The molecular formula is C15H15BrN4O2S. The van der Waals surface area contributed by atoms with E-state index in [4.69, 9.17) is 0 Å². The van der Waals surface area contributed by atoms with Gasteiger partial charge in [-0.1, -0.05) is 45.9 Å². The molecule has 1 fully saturated rings. The standard InChI is InChI=1S/C15H15BrN4O2S/c16-12-4-2-1-3-11(12)9-20-13(5-6-17-20)18-14(21)10-19-7-8-23-15(19)22/h1-6H,7-10H2,(H,18,21). The Hall–Kier alpha value is -1.80. The van der Waals surface area contributed by atoms with E-state index in [1.165, 1.54) is 11.8 Å². The van der Waals surface area contributed by atoms with Crippen LogP contribution in [-0.4, -0.2) is 44.7 Å². The van der Waals surface area contributed by atoms with Gasteiger partial charge in [-0.2, -0.15) is 5.10 Å². The maximum atomic E-state index is 12.1. The molecule has 0 atom stereocenters. The first kappa shape index (κ1) is 16.1. The molecule has 1 aliphatic rings. The molecule has 6 nitrogen and oxygen atoms in total. The molecular weight excluding hydrogens is 380 g/mol. The van der Waals surface area contributed by atoms with Crippen molar-refractivity contribution in [2.24, 2.45) is 0 Å². The summed E-state index contributed by atoms with van der Waals surface area (Å²) in [6.07, 6.45) is 1.64. The van der Waals surface area contributed by atoms with Crippen LogP contribution in [0.3, 0.4) is 0 Å². The summed E-state index contributed by atoms with van der Waals surface area (Å²) in [5.74, 6) is 1.14. The second-order valence-corrected chi connectivity index (χ2v) is 6.95. The number of hydrogen-bond donors (Lipinski definition) is 1. The Morgan fingerprint density at radius 2 is 2.17 bits per heavy atom. The number of thioether (sulfide) groups is 1. The lowest BCUT2D eigenvalue weighted by Crippen LogP contribution is -2.33. The number of benzene rings is 1. The van der Waals surface area contributed by atoms with Crippen LogP contribution in [0.25, 0.3) is 0 Å². The number of amides is 2. The lowest BCUT2D eigenvalue weighted by molar-refractivity contribution is -0.116. The van der Waals surface area contributed by atoms with Gasteiger partial charge in [0.2, 0.25) is 5.91 Å². The zero-order valence-corrected chi connectivity index (χ0v) is 14.6. The van der Waals surface area contributed by atoms with Crippen LogP contribution in [0.4, 0.5) is 10.6 Å². The minimum atomic E-state index is -0.213. The Labute approximate surface area is 146 Å². The number of nitrogens with one attached hydrogen (secondary N) is 1. The van der Waals surface area contributed by atoms with Crippen molar-refractivity contribution in [1.82, 2.24) is 14.7 Å². The first-order valence-corrected chi connectivity index (χ1v) is 8.88. The number of rotatable bonds is 5. The third-order valence-electron chi connectivity index (χ3n) is 3.44. The first-order valence-electron chi connectivity index (χ1n) is 7.10. The summed E-state index contributed by atoms with van der Waals surface area (Å²) in [6.45, 7) is 1.24. The van der Waals surface area contributed by atoms with Crippen LogP contribution in [0, 0.1) is 0 Å². The smallest absolute Gasteiger partial charge is 0.282 e. The molecule has 120 valence electrons. The van der Waals surface area contributed by atoms with Crippen LogP contribution in [-0.2, 0) is 11.3 Å². The Kier molecular flexibility index (Phi) is 5.02. The number of carbonyl (C=O) groups is 2. The predicted molar refractivity (Wildman–Crippen MR) is 93.5 cm³/mol. The maximum absolute atomic E-state index is 12.1. The minimum absolute atomic E-state index is 0.0399. The molecule has 1 aromatic carbocycles. The van der Waals surface area contributed by atoms with E-state index in [0.717, 1.165) is 15.8 Å². The molecule has 1 saturated heterocycles. The van der Waals surface area contributed by atoms with E-state index in [0.29, 0.717) is 18.9 Å². The Morgan fingerprint density at radius 3 is 2.91 bits per heavy atom. The van der Waals surface area contributed by atoms with Crippen molar-refractivity contribution >= 4 is 44.7 Å². The second kappa shape index (κ2) is 7.18. The molecule has 8 heteroatoms. The van der Waals surface area contributed by atoms with E-state index in [1.54, 1.807) is 21.8 Å². The summed E-state index contributed by atoms with van der Waals surface area (Å²) in [4.78, 5) is 25.2. The van der Waals surface area contributed by atoms with Gasteiger partial charge in [0.1, 0.15) is 12.4 Å². The van der Waals surface area contributed by atoms with Crippen molar-refractivity contribution in [3.8, 4) is 0 Å². The lowest BCUT2D eigenvalue weighted by Gasteiger charge is -2.15. The quantitative estimate of drug-likeness (QED) is 0.846. The molecule has 2 amide bonds. The van der Waals surface area contributed by atoms with Crippen molar-refractivity contribution < 1.29 is 9.59 Å². The Balaban J connectivity index is 1.65. The van der Waals surface area contributed by atoms with Gasteiger partial charge in [0, 0.05) is 22.8 Å². The van der Waals surface area contributed by atoms with Gasteiger partial charge in [0.25, 0.3) is 5.24 Å². The molecule has 2 heterocycles. The maximum Gasteiger partial charge on any atom is 0.282 e. The van der Waals surface area contributed by atoms with Crippen LogP contribution in [0.1, 0.15) is 5.56 Å². The normalized spacial score (nSPS) is 14.3. The molecule has 1 aromatic heterocycles. The van der Waals surface area contributed by atoms with Crippen molar-refractivity contribution in [2.75, 3.05) is 24.2 Å². The van der Waals surface area contributed by atoms with E-state index in [-0.39, 0.29) is 17.7 Å².